The Kier molecular flexibility index (Phi) is 4.15. The monoisotopic (exact) mass is 291 g/mol. The van der Waals surface area contributed by atoms with Gasteiger partial charge in [-0.3, -0.25) is 0 Å². The Bertz CT molecular complexity index is 551. The molecule has 2 heterocycles. The molecule has 1 aromatic carbocycles. The van der Waals surface area contributed by atoms with Gasteiger partial charge in [-0.15, -0.1) is 0 Å². The molecule has 1 aliphatic rings. The first-order chi connectivity index (χ1) is 9.40. The van der Waals surface area contributed by atoms with Crippen molar-refractivity contribution in [2.24, 2.45) is 5.73 Å². The van der Waals surface area contributed by atoms with Gasteiger partial charge in [0, 0.05) is 35.9 Å². The van der Waals surface area contributed by atoms with Crippen molar-refractivity contribution in [1.29, 1.82) is 0 Å². The molecule has 1 aromatic heterocycles. The van der Waals surface area contributed by atoms with E-state index in [1.54, 1.807) is 0 Å². The van der Waals surface area contributed by atoms with Crippen LogP contribution in [-0.4, -0.2) is 27.6 Å². The summed E-state index contributed by atoms with van der Waals surface area (Å²) >= 11 is 3.75. The molecule has 0 fully saturated rings. The van der Waals surface area contributed by atoms with Crippen molar-refractivity contribution in [3.8, 4) is 11.3 Å². The number of aromatic nitrogens is 2. The Morgan fingerprint density at radius 1 is 1.32 bits per heavy atom. The average Bonchev–Trinajstić information content (AvgIpc) is 3.02. The predicted molar refractivity (Wildman–Crippen MR) is 83.6 cm³/mol. The summed E-state index contributed by atoms with van der Waals surface area (Å²) in [5.74, 6) is 3.14. The molecule has 0 saturated carbocycles. The molecule has 5 heteroatoms. The van der Waals surface area contributed by atoms with E-state index in [0.29, 0.717) is 0 Å². The van der Waals surface area contributed by atoms with Crippen LogP contribution in [0, 0.1) is 0 Å². The smallest absolute Gasteiger partial charge is 0.168 e. The largest absolute Gasteiger partial charge is 0.330 e. The summed E-state index contributed by atoms with van der Waals surface area (Å²) in [7, 11) is 0. The second-order valence-corrected chi connectivity index (χ2v) is 6.56. The fraction of sp³-hybridized carbons (Fsp3) is 0.357. The number of imidazole rings is 1. The van der Waals surface area contributed by atoms with E-state index in [1.165, 1.54) is 16.4 Å². The molecule has 19 heavy (non-hydrogen) atoms. The summed E-state index contributed by atoms with van der Waals surface area (Å²) < 4.78 is 2.37. The summed E-state index contributed by atoms with van der Waals surface area (Å²) in [6.45, 7) is 1.82. The standard InChI is InChI=1S/C14H17N3S2/c15-6-8-18-10-12-13(11-4-2-1-3-5-11)16-14-17(12)7-9-19-14/h1-5H,6-10,15H2. The summed E-state index contributed by atoms with van der Waals surface area (Å²) in [5, 5.41) is 1.17. The second kappa shape index (κ2) is 6.03. The zero-order valence-electron chi connectivity index (χ0n) is 10.7. The van der Waals surface area contributed by atoms with Gasteiger partial charge in [-0.2, -0.15) is 11.8 Å². The van der Waals surface area contributed by atoms with E-state index in [-0.39, 0.29) is 0 Å². The Morgan fingerprint density at radius 2 is 2.16 bits per heavy atom. The zero-order valence-corrected chi connectivity index (χ0v) is 12.3. The molecule has 0 unspecified atom stereocenters. The first kappa shape index (κ1) is 13.1. The van der Waals surface area contributed by atoms with Gasteiger partial charge >= 0.3 is 0 Å². The maximum absolute atomic E-state index is 5.58. The van der Waals surface area contributed by atoms with Gasteiger partial charge in [0.15, 0.2) is 5.16 Å². The molecule has 3 rings (SSSR count). The van der Waals surface area contributed by atoms with Gasteiger partial charge in [0.1, 0.15) is 0 Å². The minimum absolute atomic E-state index is 0.737. The molecule has 100 valence electrons. The van der Waals surface area contributed by atoms with Gasteiger partial charge in [-0.1, -0.05) is 42.1 Å². The molecule has 0 atom stereocenters. The Labute approximate surface area is 122 Å². The SMILES string of the molecule is NCCSCc1c(-c2ccccc2)nc2n1CCS2. The first-order valence-electron chi connectivity index (χ1n) is 6.45. The molecule has 0 amide bonds. The van der Waals surface area contributed by atoms with Crippen LogP contribution in [0.5, 0.6) is 0 Å². The number of fused-ring (bicyclic) bond motifs is 1. The minimum Gasteiger partial charge on any atom is -0.330 e. The van der Waals surface area contributed by atoms with E-state index >= 15 is 0 Å². The maximum Gasteiger partial charge on any atom is 0.168 e. The lowest BCUT2D eigenvalue weighted by molar-refractivity contribution is 0.695. The van der Waals surface area contributed by atoms with Crippen molar-refractivity contribution in [3.05, 3.63) is 36.0 Å². The van der Waals surface area contributed by atoms with Crippen LogP contribution < -0.4 is 5.73 Å². The Balaban J connectivity index is 1.95. The quantitative estimate of drug-likeness (QED) is 0.860. The zero-order chi connectivity index (χ0) is 13.1. The van der Waals surface area contributed by atoms with Crippen LogP contribution in [0.3, 0.4) is 0 Å². The van der Waals surface area contributed by atoms with Crippen molar-refractivity contribution in [1.82, 2.24) is 9.55 Å². The fourth-order valence-corrected chi connectivity index (χ4v) is 4.02. The number of hydrogen-bond donors (Lipinski definition) is 1. The van der Waals surface area contributed by atoms with Gasteiger partial charge < -0.3 is 10.3 Å². The lowest BCUT2D eigenvalue weighted by Crippen LogP contribution is -2.04. The molecule has 0 aliphatic carbocycles. The van der Waals surface area contributed by atoms with Crippen LogP contribution in [0.1, 0.15) is 5.69 Å². The average molecular weight is 291 g/mol. The van der Waals surface area contributed by atoms with Crippen LogP contribution in [0.15, 0.2) is 35.5 Å². The van der Waals surface area contributed by atoms with E-state index in [1.807, 2.05) is 29.6 Å². The summed E-state index contributed by atoms with van der Waals surface area (Å²) in [6, 6.07) is 10.5. The Morgan fingerprint density at radius 3 is 2.95 bits per heavy atom. The highest BCUT2D eigenvalue weighted by molar-refractivity contribution is 7.99. The van der Waals surface area contributed by atoms with E-state index in [2.05, 4.69) is 28.8 Å². The molecule has 0 radical (unpaired) electrons. The number of benzene rings is 1. The van der Waals surface area contributed by atoms with Gasteiger partial charge in [0.25, 0.3) is 0 Å². The highest BCUT2D eigenvalue weighted by atomic mass is 32.2. The molecule has 0 saturated heterocycles. The summed E-state index contributed by atoms with van der Waals surface area (Å²) in [6.07, 6.45) is 0. The number of rotatable bonds is 5. The minimum atomic E-state index is 0.737. The van der Waals surface area contributed by atoms with Crippen LogP contribution in [0.4, 0.5) is 0 Å². The maximum atomic E-state index is 5.58. The van der Waals surface area contributed by atoms with Gasteiger partial charge in [-0.25, -0.2) is 4.98 Å². The third-order valence-electron chi connectivity index (χ3n) is 3.13. The van der Waals surface area contributed by atoms with Crippen molar-refractivity contribution in [2.45, 2.75) is 17.5 Å². The third kappa shape index (κ3) is 2.68. The van der Waals surface area contributed by atoms with Crippen molar-refractivity contribution in [2.75, 3.05) is 18.1 Å². The highest BCUT2D eigenvalue weighted by Gasteiger charge is 2.22. The third-order valence-corrected chi connectivity index (χ3v) is 5.09. The topological polar surface area (TPSA) is 43.8 Å². The second-order valence-electron chi connectivity index (χ2n) is 4.40. The molecule has 2 aromatic rings. The summed E-state index contributed by atoms with van der Waals surface area (Å²) in [4.78, 5) is 4.82. The van der Waals surface area contributed by atoms with Gasteiger partial charge in [-0.05, 0) is 0 Å². The van der Waals surface area contributed by atoms with Crippen molar-refractivity contribution >= 4 is 23.5 Å². The molecular weight excluding hydrogens is 274 g/mol. The van der Waals surface area contributed by atoms with Crippen LogP contribution in [0.25, 0.3) is 11.3 Å². The number of hydrogen-bond acceptors (Lipinski definition) is 4. The molecule has 2 N–H and O–H groups in total. The first-order valence-corrected chi connectivity index (χ1v) is 8.59. The van der Waals surface area contributed by atoms with Gasteiger partial charge in [0.05, 0.1) is 11.4 Å². The molecule has 1 aliphatic heterocycles. The number of nitrogens with zero attached hydrogens (tertiary/aromatic N) is 2. The van der Waals surface area contributed by atoms with E-state index in [4.69, 9.17) is 10.7 Å². The summed E-state index contributed by atoms with van der Waals surface area (Å²) in [5.41, 5.74) is 9.30. The lowest BCUT2D eigenvalue weighted by Gasteiger charge is -2.07. The molecule has 0 spiro atoms. The fourth-order valence-electron chi connectivity index (χ4n) is 2.26. The van der Waals surface area contributed by atoms with E-state index in [0.717, 1.165) is 36.0 Å². The van der Waals surface area contributed by atoms with E-state index < -0.39 is 0 Å². The van der Waals surface area contributed by atoms with Crippen molar-refractivity contribution < 1.29 is 0 Å². The number of thioether (sulfide) groups is 2. The molecule has 3 nitrogen and oxygen atoms in total. The highest BCUT2D eigenvalue weighted by Crippen LogP contribution is 2.34. The number of nitrogens with two attached hydrogens (primary N) is 1. The molecule has 0 bridgehead atoms. The van der Waals surface area contributed by atoms with Crippen molar-refractivity contribution in [3.63, 3.8) is 0 Å². The molecular formula is C14H17N3S2. The lowest BCUT2D eigenvalue weighted by atomic mass is 10.1. The Hall–Kier alpha value is -0.910. The van der Waals surface area contributed by atoms with E-state index in [9.17, 15) is 0 Å². The van der Waals surface area contributed by atoms with Gasteiger partial charge in [0.2, 0.25) is 0 Å². The predicted octanol–water partition coefficient (Wildman–Crippen LogP) is 2.85. The normalized spacial score (nSPS) is 13.7. The van der Waals surface area contributed by atoms with Crippen LogP contribution >= 0.6 is 23.5 Å². The van der Waals surface area contributed by atoms with Crippen LogP contribution in [0.2, 0.25) is 0 Å². The van der Waals surface area contributed by atoms with Crippen LogP contribution in [-0.2, 0) is 12.3 Å².